The number of nitrogens with one attached hydrogen (secondary N) is 1. The van der Waals surface area contributed by atoms with Crippen LogP contribution in [0.15, 0.2) is 54.6 Å². The van der Waals surface area contributed by atoms with E-state index in [1.54, 1.807) is 0 Å². The Morgan fingerprint density at radius 2 is 1.55 bits per heavy atom. The van der Waals surface area contributed by atoms with Crippen LogP contribution in [0.4, 0.5) is 0 Å². The second-order valence-electron chi connectivity index (χ2n) is 5.35. The molecule has 2 atom stereocenters. The van der Waals surface area contributed by atoms with Crippen LogP contribution in [0, 0.1) is 6.92 Å². The Hall–Kier alpha value is -1.64. The summed E-state index contributed by atoms with van der Waals surface area (Å²) in [6.45, 7) is 4.72. The quantitative estimate of drug-likeness (QED) is 0.842. The molecule has 0 saturated heterocycles. The van der Waals surface area contributed by atoms with Crippen molar-refractivity contribution < 1.29 is 5.11 Å². The lowest BCUT2D eigenvalue weighted by Gasteiger charge is -2.20. The van der Waals surface area contributed by atoms with Crippen molar-refractivity contribution in [3.05, 3.63) is 71.3 Å². The lowest BCUT2D eigenvalue weighted by Crippen LogP contribution is -2.25. The van der Waals surface area contributed by atoms with E-state index in [9.17, 15) is 5.11 Å². The molecular formula is C18H23NO. The van der Waals surface area contributed by atoms with E-state index in [2.05, 4.69) is 60.8 Å². The second kappa shape index (κ2) is 7.22. The van der Waals surface area contributed by atoms with Gasteiger partial charge in [-0.3, -0.25) is 0 Å². The molecule has 2 rings (SSSR count). The van der Waals surface area contributed by atoms with Crippen molar-refractivity contribution in [2.24, 2.45) is 0 Å². The fourth-order valence-electron chi connectivity index (χ4n) is 2.27. The van der Waals surface area contributed by atoms with E-state index in [1.165, 1.54) is 16.7 Å². The zero-order valence-electron chi connectivity index (χ0n) is 12.2. The third-order valence-corrected chi connectivity index (χ3v) is 3.45. The van der Waals surface area contributed by atoms with Crippen LogP contribution in [0.25, 0.3) is 0 Å². The van der Waals surface area contributed by atoms with E-state index in [-0.39, 0.29) is 12.1 Å². The fourth-order valence-corrected chi connectivity index (χ4v) is 2.27. The number of aryl methyl sites for hydroxylation is 1. The van der Waals surface area contributed by atoms with Crippen LogP contribution in [0.1, 0.15) is 36.1 Å². The molecule has 0 spiro atoms. The van der Waals surface area contributed by atoms with E-state index in [0.717, 1.165) is 13.0 Å². The van der Waals surface area contributed by atoms with E-state index >= 15 is 0 Å². The van der Waals surface area contributed by atoms with Gasteiger partial charge in [0.05, 0.1) is 12.1 Å². The van der Waals surface area contributed by atoms with Crippen LogP contribution >= 0.6 is 0 Å². The molecule has 2 unspecified atom stereocenters. The lowest BCUT2D eigenvalue weighted by atomic mass is 9.97. The van der Waals surface area contributed by atoms with Gasteiger partial charge in [-0.1, -0.05) is 60.2 Å². The minimum absolute atomic E-state index is 0.176. The molecule has 2 aromatic rings. The summed E-state index contributed by atoms with van der Waals surface area (Å²) in [5.74, 6) is 0. The fraction of sp³-hybridized carbons (Fsp3) is 0.333. The number of aliphatic hydroxyl groups is 1. The molecule has 0 bridgehead atoms. The summed E-state index contributed by atoms with van der Waals surface area (Å²) in [6, 6.07) is 19.2. The summed E-state index contributed by atoms with van der Waals surface area (Å²) in [5, 5.41) is 12.9. The summed E-state index contributed by atoms with van der Waals surface area (Å²) in [5.41, 5.74) is 3.78. The Bertz CT molecular complexity index is 505. The molecule has 106 valence electrons. The zero-order valence-corrected chi connectivity index (χ0v) is 12.2. The van der Waals surface area contributed by atoms with Crippen molar-refractivity contribution in [3.63, 3.8) is 0 Å². The first-order valence-corrected chi connectivity index (χ1v) is 7.20. The first-order valence-electron chi connectivity index (χ1n) is 7.20. The summed E-state index contributed by atoms with van der Waals surface area (Å²) in [7, 11) is 0. The molecule has 2 nitrogen and oxygen atoms in total. The van der Waals surface area contributed by atoms with Crippen molar-refractivity contribution in [2.45, 2.75) is 32.4 Å². The van der Waals surface area contributed by atoms with E-state index in [1.807, 2.05) is 13.0 Å². The van der Waals surface area contributed by atoms with E-state index in [4.69, 9.17) is 0 Å². The third kappa shape index (κ3) is 4.19. The lowest BCUT2D eigenvalue weighted by molar-refractivity contribution is 0.183. The Kier molecular flexibility index (Phi) is 5.33. The topological polar surface area (TPSA) is 32.3 Å². The van der Waals surface area contributed by atoms with Gasteiger partial charge in [0.2, 0.25) is 0 Å². The standard InChI is InChI=1S/C18H23NO/c1-14-8-10-17(11-9-14)18(19-13-12-15(2)20)16-6-4-3-5-7-16/h3-11,15,18-20H,12-13H2,1-2H3. The maximum Gasteiger partial charge on any atom is 0.0576 e. The summed E-state index contributed by atoms with van der Waals surface area (Å²) >= 11 is 0. The molecule has 0 aliphatic rings. The average molecular weight is 269 g/mol. The van der Waals surface area contributed by atoms with E-state index in [0.29, 0.717) is 0 Å². The largest absolute Gasteiger partial charge is 0.393 e. The molecule has 0 amide bonds. The molecular weight excluding hydrogens is 246 g/mol. The van der Waals surface area contributed by atoms with Crippen molar-refractivity contribution in [1.29, 1.82) is 0 Å². The van der Waals surface area contributed by atoms with Crippen LogP contribution in [0.2, 0.25) is 0 Å². The first-order chi connectivity index (χ1) is 9.66. The van der Waals surface area contributed by atoms with Crippen LogP contribution < -0.4 is 5.32 Å². The van der Waals surface area contributed by atoms with Gasteiger partial charge in [0, 0.05) is 0 Å². The molecule has 0 radical (unpaired) electrons. The van der Waals surface area contributed by atoms with Crippen LogP contribution in [-0.2, 0) is 0 Å². The molecule has 0 heterocycles. The third-order valence-electron chi connectivity index (χ3n) is 3.45. The van der Waals surface area contributed by atoms with Gasteiger partial charge in [-0.05, 0) is 37.9 Å². The van der Waals surface area contributed by atoms with Gasteiger partial charge >= 0.3 is 0 Å². The molecule has 0 aromatic heterocycles. The van der Waals surface area contributed by atoms with Gasteiger partial charge in [0.1, 0.15) is 0 Å². The monoisotopic (exact) mass is 269 g/mol. The van der Waals surface area contributed by atoms with Crippen molar-refractivity contribution in [2.75, 3.05) is 6.54 Å². The number of benzene rings is 2. The highest BCUT2D eigenvalue weighted by Crippen LogP contribution is 2.22. The summed E-state index contributed by atoms with van der Waals surface area (Å²) in [6.07, 6.45) is 0.492. The summed E-state index contributed by atoms with van der Waals surface area (Å²) in [4.78, 5) is 0. The number of hydrogen-bond donors (Lipinski definition) is 2. The molecule has 0 fully saturated rings. The SMILES string of the molecule is Cc1ccc(C(NCCC(C)O)c2ccccc2)cc1. The predicted molar refractivity (Wildman–Crippen MR) is 83.8 cm³/mol. The van der Waals surface area contributed by atoms with Crippen LogP contribution in [-0.4, -0.2) is 17.8 Å². The number of aliphatic hydroxyl groups excluding tert-OH is 1. The molecule has 2 N–H and O–H groups in total. The predicted octanol–water partition coefficient (Wildman–Crippen LogP) is 3.44. The molecule has 0 aliphatic heterocycles. The first kappa shape index (κ1) is 14.8. The summed E-state index contributed by atoms with van der Waals surface area (Å²) < 4.78 is 0. The highest BCUT2D eigenvalue weighted by Gasteiger charge is 2.13. The molecule has 20 heavy (non-hydrogen) atoms. The molecule has 0 saturated carbocycles. The normalized spacial score (nSPS) is 13.9. The Balaban J connectivity index is 2.18. The van der Waals surface area contributed by atoms with Gasteiger partial charge in [0.25, 0.3) is 0 Å². The van der Waals surface area contributed by atoms with Crippen molar-refractivity contribution in [1.82, 2.24) is 5.32 Å². The van der Waals surface area contributed by atoms with Crippen molar-refractivity contribution in [3.8, 4) is 0 Å². The molecule has 2 aromatic carbocycles. The second-order valence-corrected chi connectivity index (χ2v) is 5.35. The van der Waals surface area contributed by atoms with Crippen LogP contribution in [0.3, 0.4) is 0 Å². The van der Waals surface area contributed by atoms with Gasteiger partial charge in [-0.25, -0.2) is 0 Å². The highest BCUT2D eigenvalue weighted by atomic mass is 16.3. The smallest absolute Gasteiger partial charge is 0.0576 e. The minimum atomic E-state index is -0.267. The maximum atomic E-state index is 9.40. The molecule has 0 aliphatic carbocycles. The van der Waals surface area contributed by atoms with Crippen LogP contribution in [0.5, 0.6) is 0 Å². The average Bonchev–Trinajstić information content (AvgIpc) is 2.46. The minimum Gasteiger partial charge on any atom is -0.393 e. The Morgan fingerprint density at radius 1 is 0.950 bits per heavy atom. The number of hydrogen-bond acceptors (Lipinski definition) is 2. The molecule has 2 heteroatoms. The van der Waals surface area contributed by atoms with Gasteiger partial charge in [-0.15, -0.1) is 0 Å². The Labute approximate surface area is 121 Å². The Morgan fingerprint density at radius 3 is 2.15 bits per heavy atom. The number of rotatable bonds is 6. The van der Waals surface area contributed by atoms with Crippen molar-refractivity contribution >= 4 is 0 Å². The van der Waals surface area contributed by atoms with E-state index < -0.39 is 0 Å². The maximum absolute atomic E-state index is 9.40. The highest BCUT2D eigenvalue weighted by molar-refractivity contribution is 5.33. The van der Waals surface area contributed by atoms with Gasteiger partial charge in [-0.2, -0.15) is 0 Å². The van der Waals surface area contributed by atoms with Gasteiger partial charge in [0.15, 0.2) is 0 Å². The van der Waals surface area contributed by atoms with Gasteiger partial charge < -0.3 is 10.4 Å². The zero-order chi connectivity index (χ0) is 14.4.